The number of amides is 1. The van der Waals surface area contributed by atoms with Crippen LogP contribution in [0.3, 0.4) is 0 Å². The van der Waals surface area contributed by atoms with Crippen LogP contribution in [0.4, 0.5) is 5.82 Å². The van der Waals surface area contributed by atoms with Crippen molar-refractivity contribution < 1.29 is 4.79 Å². The van der Waals surface area contributed by atoms with Crippen LogP contribution in [-0.2, 0) is 13.0 Å². The van der Waals surface area contributed by atoms with Crippen LogP contribution >= 0.6 is 0 Å². The Morgan fingerprint density at radius 2 is 1.59 bits per heavy atom. The molecular formula is C28H34N4O2. The number of fused-ring (bicyclic) bond motifs is 2. The maximum atomic E-state index is 13.3. The van der Waals surface area contributed by atoms with E-state index in [-0.39, 0.29) is 11.3 Å². The number of hydrogen-bond donors (Lipinski definition) is 0. The standard InChI is InChI=1S/C28H34N4O2/c1-29-15-8-7-13-24-26(33)23-12-5-6-14-25(23)32(27(24)29)17-9-16-30-18-20-31(21-19-30)28(34)22-10-3-2-4-11-22/h2-6,10-12,14H,7-9,13,15-21H2,1H3. The van der Waals surface area contributed by atoms with Crippen LogP contribution in [0.2, 0.25) is 0 Å². The molecule has 0 radical (unpaired) electrons. The minimum atomic E-state index is 0.130. The number of aromatic nitrogens is 1. The highest BCUT2D eigenvalue weighted by Crippen LogP contribution is 2.28. The van der Waals surface area contributed by atoms with E-state index in [1.807, 2.05) is 53.4 Å². The average molecular weight is 459 g/mol. The molecule has 0 bridgehead atoms. The lowest BCUT2D eigenvalue weighted by Gasteiger charge is -2.35. The second-order valence-electron chi connectivity index (χ2n) is 9.53. The van der Waals surface area contributed by atoms with Crippen molar-refractivity contribution in [3.63, 3.8) is 0 Å². The van der Waals surface area contributed by atoms with Crippen molar-refractivity contribution in [2.45, 2.75) is 32.2 Å². The second-order valence-corrected chi connectivity index (χ2v) is 9.53. The molecule has 178 valence electrons. The van der Waals surface area contributed by atoms with Gasteiger partial charge in [0.25, 0.3) is 5.91 Å². The largest absolute Gasteiger partial charge is 0.361 e. The first-order valence-electron chi connectivity index (χ1n) is 12.6. The van der Waals surface area contributed by atoms with E-state index in [0.29, 0.717) is 0 Å². The van der Waals surface area contributed by atoms with Crippen LogP contribution < -0.4 is 10.3 Å². The van der Waals surface area contributed by atoms with Gasteiger partial charge in [0.1, 0.15) is 5.82 Å². The summed E-state index contributed by atoms with van der Waals surface area (Å²) in [6.07, 6.45) is 4.06. The molecule has 1 amide bonds. The molecule has 1 saturated heterocycles. The van der Waals surface area contributed by atoms with Crippen molar-refractivity contribution >= 4 is 22.6 Å². The van der Waals surface area contributed by atoms with Gasteiger partial charge in [0.2, 0.25) is 0 Å². The molecular weight excluding hydrogens is 424 g/mol. The van der Waals surface area contributed by atoms with Crippen LogP contribution in [0.5, 0.6) is 0 Å². The fraction of sp³-hybridized carbons (Fsp3) is 0.429. The highest BCUT2D eigenvalue weighted by molar-refractivity contribution is 5.94. The predicted octanol–water partition coefficient (Wildman–Crippen LogP) is 3.62. The van der Waals surface area contributed by atoms with Crippen molar-refractivity contribution in [3.8, 4) is 0 Å². The molecule has 3 aromatic rings. The van der Waals surface area contributed by atoms with Gasteiger partial charge in [-0.25, -0.2) is 0 Å². The molecule has 2 aliphatic rings. The highest BCUT2D eigenvalue weighted by Gasteiger charge is 2.24. The third-order valence-corrected chi connectivity index (χ3v) is 7.31. The second kappa shape index (κ2) is 10.0. The van der Waals surface area contributed by atoms with E-state index < -0.39 is 0 Å². The maximum Gasteiger partial charge on any atom is 0.253 e. The minimum absolute atomic E-state index is 0.130. The van der Waals surface area contributed by atoms with Gasteiger partial charge in [-0.3, -0.25) is 14.5 Å². The lowest BCUT2D eigenvalue weighted by atomic mass is 10.1. The van der Waals surface area contributed by atoms with E-state index in [9.17, 15) is 9.59 Å². The normalized spacial score (nSPS) is 17.0. The van der Waals surface area contributed by atoms with Gasteiger partial charge in [0.05, 0.1) is 5.52 Å². The third kappa shape index (κ3) is 4.47. The van der Waals surface area contributed by atoms with Gasteiger partial charge in [-0.2, -0.15) is 0 Å². The summed E-state index contributed by atoms with van der Waals surface area (Å²) in [6, 6.07) is 17.6. The van der Waals surface area contributed by atoms with Gasteiger partial charge in [-0.05, 0) is 56.5 Å². The monoisotopic (exact) mass is 458 g/mol. The molecule has 0 spiro atoms. The number of hydrogen-bond acceptors (Lipinski definition) is 4. The summed E-state index contributed by atoms with van der Waals surface area (Å²) < 4.78 is 2.38. The zero-order valence-electron chi connectivity index (χ0n) is 20.1. The Morgan fingerprint density at radius 1 is 0.853 bits per heavy atom. The first-order valence-corrected chi connectivity index (χ1v) is 12.6. The summed E-state index contributed by atoms with van der Waals surface area (Å²) in [4.78, 5) is 32.7. The molecule has 5 rings (SSSR count). The Hall–Kier alpha value is -3.12. The Labute approximate surface area is 201 Å². The van der Waals surface area contributed by atoms with Gasteiger partial charge >= 0.3 is 0 Å². The molecule has 0 aliphatic carbocycles. The fourth-order valence-electron chi connectivity index (χ4n) is 5.48. The summed E-state index contributed by atoms with van der Waals surface area (Å²) >= 11 is 0. The van der Waals surface area contributed by atoms with Gasteiger partial charge in [-0.1, -0.05) is 30.3 Å². The number of rotatable bonds is 5. The molecule has 6 heteroatoms. The van der Waals surface area contributed by atoms with Crippen LogP contribution in [-0.4, -0.2) is 66.6 Å². The van der Waals surface area contributed by atoms with Gasteiger partial charge in [0.15, 0.2) is 5.43 Å². The molecule has 2 aliphatic heterocycles. The minimum Gasteiger partial charge on any atom is -0.361 e. The Kier molecular flexibility index (Phi) is 6.68. The Balaban J connectivity index is 1.27. The third-order valence-electron chi connectivity index (χ3n) is 7.31. The van der Waals surface area contributed by atoms with Gasteiger partial charge < -0.3 is 14.4 Å². The lowest BCUT2D eigenvalue weighted by molar-refractivity contribution is 0.0634. The number of para-hydroxylation sites is 1. The van der Waals surface area contributed by atoms with E-state index in [4.69, 9.17) is 0 Å². The smallest absolute Gasteiger partial charge is 0.253 e. The maximum absolute atomic E-state index is 13.3. The SMILES string of the molecule is CN1CCCCc2c1n(CCCN1CCN(C(=O)c3ccccc3)CC1)c1ccccc1c2=O. The molecule has 34 heavy (non-hydrogen) atoms. The Bertz CT molecular complexity index is 1210. The zero-order valence-corrected chi connectivity index (χ0v) is 20.1. The van der Waals surface area contributed by atoms with Crippen LogP contribution in [0.1, 0.15) is 35.2 Å². The number of pyridine rings is 1. The van der Waals surface area contributed by atoms with Crippen molar-refractivity contribution in [2.24, 2.45) is 0 Å². The molecule has 0 unspecified atom stereocenters. The molecule has 0 atom stereocenters. The van der Waals surface area contributed by atoms with Crippen LogP contribution in [0, 0.1) is 0 Å². The summed E-state index contributed by atoms with van der Waals surface area (Å²) in [7, 11) is 2.12. The predicted molar refractivity (Wildman–Crippen MR) is 138 cm³/mol. The molecule has 2 aromatic carbocycles. The van der Waals surface area contributed by atoms with Crippen molar-refractivity contribution in [2.75, 3.05) is 51.2 Å². The number of piperazine rings is 1. The number of carbonyl (C=O) groups is 1. The lowest BCUT2D eigenvalue weighted by Crippen LogP contribution is -2.48. The number of carbonyl (C=O) groups excluding carboxylic acids is 1. The summed E-state index contributed by atoms with van der Waals surface area (Å²) in [5.74, 6) is 1.24. The van der Waals surface area contributed by atoms with Crippen molar-refractivity contribution in [1.29, 1.82) is 0 Å². The zero-order chi connectivity index (χ0) is 23.5. The molecule has 0 N–H and O–H groups in total. The van der Waals surface area contributed by atoms with Gasteiger partial charge in [0, 0.05) is 62.8 Å². The van der Waals surface area contributed by atoms with E-state index in [1.54, 1.807) is 0 Å². The average Bonchev–Trinajstić information content (AvgIpc) is 3.08. The fourth-order valence-corrected chi connectivity index (χ4v) is 5.48. The molecule has 6 nitrogen and oxygen atoms in total. The number of aryl methyl sites for hydroxylation is 1. The van der Waals surface area contributed by atoms with Crippen LogP contribution in [0.15, 0.2) is 59.4 Å². The quantitative estimate of drug-likeness (QED) is 0.586. The Morgan fingerprint density at radius 3 is 2.38 bits per heavy atom. The topological polar surface area (TPSA) is 48.8 Å². The van der Waals surface area contributed by atoms with Gasteiger partial charge in [-0.15, -0.1) is 0 Å². The highest BCUT2D eigenvalue weighted by atomic mass is 16.2. The van der Waals surface area contributed by atoms with Crippen molar-refractivity contribution in [3.05, 3.63) is 75.9 Å². The number of anilines is 1. The first kappa shape index (κ1) is 22.7. The van der Waals surface area contributed by atoms with E-state index in [2.05, 4.69) is 27.5 Å². The van der Waals surface area contributed by atoms with Crippen LogP contribution in [0.25, 0.3) is 10.9 Å². The van der Waals surface area contributed by atoms with Crippen molar-refractivity contribution in [1.82, 2.24) is 14.4 Å². The molecule has 1 fully saturated rings. The summed E-state index contributed by atoms with van der Waals surface area (Å²) in [5.41, 5.74) is 2.99. The van der Waals surface area contributed by atoms with E-state index in [1.165, 1.54) is 0 Å². The first-order chi connectivity index (χ1) is 16.6. The summed E-state index contributed by atoms with van der Waals surface area (Å²) in [6.45, 7) is 6.22. The molecule has 1 aromatic heterocycles. The summed E-state index contributed by atoms with van der Waals surface area (Å²) in [5, 5.41) is 0.838. The molecule has 0 saturated carbocycles. The van der Waals surface area contributed by atoms with E-state index in [0.717, 1.165) is 99.3 Å². The molecule has 3 heterocycles. The number of benzene rings is 2. The van der Waals surface area contributed by atoms with E-state index >= 15 is 0 Å². The number of nitrogens with zero attached hydrogens (tertiary/aromatic N) is 4.